The van der Waals surface area contributed by atoms with Crippen LogP contribution in [0, 0.1) is 5.92 Å². The van der Waals surface area contributed by atoms with E-state index in [1.807, 2.05) is 48.2 Å². The van der Waals surface area contributed by atoms with Gasteiger partial charge in [0.2, 0.25) is 5.91 Å². The first-order valence-electron chi connectivity index (χ1n) is 8.92. The van der Waals surface area contributed by atoms with E-state index in [1.165, 1.54) is 5.56 Å². The van der Waals surface area contributed by atoms with E-state index >= 15 is 0 Å². The van der Waals surface area contributed by atoms with Crippen LogP contribution in [0.1, 0.15) is 24.0 Å². The van der Waals surface area contributed by atoms with E-state index in [4.69, 9.17) is 5.73 Å². The standard InChI is InChI=1S/C22H26N2O/c1-3-15-24(4-2)21(25)22(18-13-9-6-10-14-18)19(16-23)20(22)17-11-7-5-8-12-17/h3,5-14,19-20H,1,4,15-16,23H2,2H3. The molecule has 2 N–H and O–H groups in total. The number of benzene rings is 2. The molecule has 130 valence electrons. The van der Waals surface area contributed by atoms with Crippen molar-refractivity contribution >= 4 is 5.91 Å². The Morgan fingerprint density at radius 2 is 1.76 bits per heavy atom. The predicted molar refractivity (Wildman–Crippen MR) is 102 cm³/mol. The van der Waals surface area contributed by atoms with Gasteiger partial charge in [0, 0.05) is 19.0 Å². The molecule has 2 aromatic carbocycles. The summed E-state index contributed by atoms with van der Waals surface area (Å²) in [7, 11) is 0. The molecule has 1 fully saturated rings. The summed E-state index contributed by atoms with van der Waals surface area (Å²) in [4.78, 5) is 15.5. The highest BCUT2D eigenvalue weighted by molar-refractivity contribution is 5.94. The van der Waals surface area contributed by atoms with E-state index in [1.54, 1.807) is 6.08 Å². The highest BCUT2D eigenvalue weighted by Gasteiger charge is 2.70. The van der Waals surface area contributed by atoms with Crippen LogP contribution in [0.2, 0.25) is 0 Å². The van der Waals surface area contributed by atoms with Gasteiger partial charge >= 0.3 is 0 Å². The summed E-state index contributed by atoms with van der Waals surface area (Å²) in [6.45, 7) is 7.53. The van der Waals surface area contributed by atoms with Crippen molar-refractivity contribution in [3.8, 4) is 0 Å². The highest BCUT2D eigenvalue weighted by Crippen LogP contribution is 2.66. The Balaban J connectivity index is 2.11. The molecule has 0 aliphatic heterocycles. The summed E-state index contributed by atoms with van der Waals surface area (Å²) < 4.78 is 0. The third-order valence-electron chi connectivity index (χ3n) is 5.41. The van der Waals surface area contributed by atoms with Crippen LogP contribution < -0.4 is 5.73 Å². The zero-order chi connectivity index (χ0) is 17.9. The van der Waals surface area contributed by atoms with Crippen molar-refractivity contribution in [3.05, 3.63) is 84.4 Å². The minimum Gasteiger partial charge on any atom is -0.338 e. The Morgan fingerprint density at radius 1 is 1.16 bits per heavy atom. The monoisotopic (exact) mass is 334 g/mol. The van der Waals surface area contributed by atoms with Gasteiger partial charge in [-0.2, -0.15) is 0 Å². The maximum Gasteiger partial charge on any atom is 0.234 e. The smallest absolute Gasteiger partial charge is 0.234 e. The maximum absolute atomic E-state index is 13.6. The molecule has 25 heavy (non-hydrogen) atoms. The lowest BCUT2D eigenvalue weighted by Gasteiger charge is -2.27. The summed E-state index contributed by atoms with van der Waals surface area (Å²) in [6.07, 6.45) is 1.79. The molecule has 3 heteroatoms. The van der Waals surface area contributed by atoms with Crippen LogP contribution >= 0.6 is 0 Å². The average Bonchev–Trinajstić information content (AvgIpc) is 3.37. The molecule has 2 aromatic rings. The van der Waals surface area contributed by atoms with Crippen molar-refractivity contribution < 1.29 is 4.79 Å². The number of carbonyl (C=O) groups excluding carboxylic acids is 1. The Morgan fingerprint density at radius 3 is 2.28 bits per heavy atom. The Kier molecular flexibility index (Phi) is 5.05. The van der Waals surface area contributed by atoms with Crippen molar-refractivity contribution in [2.45, 2.75) is 18.3 Å². The zero-order valence-electron chi connectivity index (χ0n) is 14.8. The van der Waals surface area contributed by atoms with Gasteiger partial charge in [0.1, 0.15) is 0 Å². The van der Waals surface area contributed by atoms with Gasteiger partial charge in [-0.05, 0) is 30.5 Å². The molecule has 0 radical (unpaired) electrons. The molecule has 1 aliphatic rings. The summed E-state index contributed by atoms with van der Waals surface area (Å²) in [6, 6.07) is 20.4. The van der Waals surface area contributed by atoms with Gasteiger partial charge in [-0.15, -0.1) is 6.58 Å². The predicted octanol–water partition coefficient (Wildman–Crippen LogP) is 3.33. The van der Waals surface area contributed by atoms with E-state index in [0.717, 1.165) is 5.56 Å². The second-order valence-electron chi connectivity index (χ2n) is 6.60. The number of hydrogen-bond donors (Lipinski definition) is 1. The fourth-order valence-electron chi connectivity index (χ4n) is 4.23. The number of hydrogen-bond acceptors (Lipinski definition) is 2. The molecule has 1 saturated carbocycles. The van der Waals surface area contributed by atoms with Gasteiger partial charge in [-0.3, -0.25) is 4.79 Å². The third-order valence-corrected chi connectivity index (χ3v) is 5.41. The highest BCUT2D eigenvalue weighted by atomic mass is 16.2. The fraction of sp³-hybridized carbons (Fsp3) is 0.318. The SMILES string of the molecule is C=CCN(CC)C(=O)C1(c2ccccc2)C(CN)C1c1ccccc1. The van der Waals surface area contributed by atoms with Crippen molar-refractivity contribution in [2.24, 2.45) is 11.7 Å². The molecule has 0 bridgehead atoms. The van der Waals surface area contributed by atoms with Crippen molar-refractivity contribution in [3.63, 3.8) is 0 Å². The maximum atomic E-state index is 13.6. The summed E-state index contributed by atoms with van der Waals surface area (Å²) in [5.41, 5.74) is 7.81. The molecule has 0 aromatic heterocycles. The largest absolute Gasteiger partial charge is 0.338 e. The van der Waals surface area contributed by atoms with Gasteiger partial charge in [0.25, 0.3) is 0 Å². The van der Waals surface area contributed by atoms with Crippen LogP contribution in [0.15, 0.2) is 73.3 Å². The van der Waals surface area contributed by atoms with Gasteiger partial charge in [-0.25, -0.2) is 0 Å². The number of nitrogens with two attached hydrogens (primary N) is 1. The Bertz CT molecular complexity index is 728. The lowest BCUT2D eigenvalue weighted by molar-refractivity contribution is -0.133. The minimum atomic E-state index is -0.573. The zero-order valence-corrected chi connectivity index (χ0v) is 14.8. The van der Waals surface area contributed by atoms with Crippen LogP contribution in [0.5, 0.6) is 0 Å². The molecule has 1 amide bonds. The quantitative estimate of drug-likeness (QED) is 0.790. The average molecular weight is 334 g/mol. The lowest BCUT2D eigenvalue weighted by atomic mass is 9.88. The summed E-state index contributed by atoms with van der Waals surface area (Å²) in [5.74, 6) is 0.390. The van der Waals surface area contributed by atoms with Crippen LogP contribution in [-0.2, 0) is 10.2 Å². The van der Waals surface area contributed by atoms with Crippen LogP contribution in [-0.4, -0.2) is 30.4 Å². The molecule has 1 aliphatic carbocycles. The van der Waals surface area contributed by atoms with E-state index in [-0.39, 0.29) is 17.7 Å². The van der Waals surface area contributed by atoms with Gasteiger partial charge in [0.05, 0.1) is 5.41 Å². The topological polar surface area (TPSA) is 46.3 Å². The molecular weight excluding hydrogens is 308 g/mol. The number of nitrogens with zero attached hydrogens (tertiary/aromatic N) is 1. The third kappa shape index (κ3) is 2.79. The number of amides is 1. The molecule has 0 heterocycles. The van der Waals surface area contributed by atoms with Gasteiger partial charge in [0.15, 0.2) is 0 Å². The van der Waals surface area contributed by atoms with Gasteiger partial charge in [-0.1, -0.05) is 66.7 Å². The Hall–Kier alpha value is -2.39. The first kappa shape index (κ1) is 17.4. The van der Waals surface area contributed by atoms with E-state index in [9.17, 15) is 4.79 Å². The molecule has 0 spiro atoms. The lowest BCUT2D eigenvalue weighted by Crippen LogP contribution is -2.41. The summed E-state index contributed by atoms with van der Waals surface area (Å²) >= 11 is 0. The number of likely N-dealkylation sites (N-methyl/N-ethyl adjacent to an activating group) is 1. The van der Waals surface area contributed by atoms with E-state index < -0.39 is 5.41 Å². The second-order valence-corrected chi connectivity index (χ2v) is 6.60. The van der Waals surface area contributed by atoms with Crippen LogP contribution in [0.25, 0.3) is 0 Å². The minimum absolute atomic E-state index is 0.115. The second kappa shape index (κ2) is 7.24. The Labute approximate surface area is 150 Å². The fourth-order valence-corrected chi connectivity index (χ4v) is 4.23. The number of rotatable bonds is 7. The van der Waals surface area contributed by atoms with Gasteiger partial charge < -0.3 is 10.6 Å². The molecule has 0 saturated heterocycles. The summed E-state index contributed by atoms with van der Waals surface area (Å²) in [5, 5.41) is 0. The van der Waals surface area contributed by atoms with Crippen molar-refractivity contribution in [2.75, 3.05) is 19.6 Å². The van der Waals surface area contributed by atoms with E-state index in [2.05, 4.69) is 30.8 Å². The molecular formula is C22H26N2O. The van der Waals surface area contributed by atoms with Crippen LogP contribution in [0.4, 0.5) is 0 Å². The van der Waals surface area contributed by atoms with Crippen molar-refractivity contribution in [1.82, 2.24) is 4.90 Å². The van der Waals surface area contributed by atoms with Crippen molar-refractivity contribution in [1.29, 1.82) is 0 Å². The number of carbonyl (C=O) groups is 1. The first-order valence-corrected chi connectivity index (χ1v) is 8.92. The van der Waals surface area contributed by atoms with Crippen LogP contribution in [0.3, 0.4) is 0 Å². The molecule has 3 rings (SSSR count). The normalized spacial score (nSPS) is 24.6. The van der Waals surface area contributed by atoms with E-state index in [0.29, 0.717) is 19.6 Å². The molecule has 3 unspecified atom stereocenters. The molecule has 3 nitrogen and oxygen atoms in total. The molecule has 3 atom stereocenters. The first-order chi connectivity index (χ1) is 12.2.